The summed E-state index contributed by atoms with van der Waals surface area (Å²) in [6.07, 6.45) is 1.76. The number of nitrogens with zero attached hydrogens (tertiary/aromatic N) is 1. The normalized spacial score (nSPS) is 11.2. The summed E-state index contributed by atoms with van der Waals surface area (Å²) in [6, 6.07) is 20.7. The zero-order valence-electron chi connectivity index (χ0n) is 18.2. The highest BCUT2D eigenvalue weighted by atomic mass is 35.5. The van der Waals surface area contributed by atoms with Crippen LogP contribution in [-0.2, 0) is 34.2 Å². The molecule has 5 nitrogen and oxygen atoms in total. The van der Waals surface area contributed by atoms with E-state index in [0.29, 0.717) is 17.3 Å². The van der Waals surface area contributed by atoms with Crippen LogP contribution in [-0.4, -0.2) is 20.9 Å². The van der Waals surface area contributed by atoms with E-state index in [1.54, 1.807) is 42.5 Å². The van der Waals surface area contributed by atoms with Gasteiger partial charge in [0.1, 0.15) is 6.54 Å². The third-order valence-electron chi connectivity index (χ3n) is 5.27. The van der Waals surface area contributed by atoms with Crippen molar-refractivity contribution in [3.63, 3.8) is 0 Å². The summed E-state index contributed by atoms with van der Waals surface area (Å²) in [5.74, 6) is -0.386. The Morgan fingerprint density at radius 3 is 2.22 bits per heavy atom. The molecule has 0 aliphatic rings. The van der Waals surface area contributed by atoms with Gasteiger partial charge < -0.3 is 5.32 Å². The minimum absolute atomic E-state index is 0.117. The molecule has 32 heavy (non-hydrogen) atoms. The molecule has 0 aliphatic heterocycles. The van der Waals surface area contributed by atoms with Crippen LogP contribution < -0.4 is 9.62 Å². The van der Waals surface area contributed by atoms with Crippen molar-refractivity contribution in [2.75, 3.05) is 10.8 Å². The largest absolute Gasteiger partial charge is 0.350 e. The molecule has 0 bridgehead atoms. The number of anilines is 1. The van der Waals surface area contributed by atoms with E-state index in [1.807, 2.05) is 0 Å². The quantitative estimate of drug-likeness (QED) is 0.479. The number of halogens is 1. The number of amides is 1. The summed E-state index contributed by atoms with van der Waals surface area (Å²) in [6.45, 7) is 4.16. The second kappa shape index (κ2) is 10.7. The summed E-state index contributed by atoms with van der Waals surface area (Å²) in [5, 5.41) is 3.37. The van der Waals surface area contributed by atoms with E-state index in [-0.39, 0.29) is 17.3 Å². The van der Waals surface area contributed by atoms with Gasteiger partial charge in [0.2, 0.25) is 5.91 Å². The maximum absolute atomic E-state index is 13.3. The fraction of sp³-hybridized carbons (Fsp3) is 0.240. The van der Waals surface area contributed by atoms with Crippen LogP contribution in [0.25, 0.3) is 0 Å². The number of carbonyl (C=O) groups is 1. The van der Waals surface area contributed by atoms with Crippen LogP contribution in [0.3, 0.4) is 0 Å². The van der Waals surface area contributed by atoms with Gasteiger partial charge in [0.25, 0.3) is 10.0 Å². The van der Waals surface area contributed by atoms with Gasteiger partial charge in [-0.15, -0.1) is 0 Å². The average molecular weight is 471 g/mol. The van der Waals surface area contributed by atoms with Crippen LogP contribution in [0.5, 0.6) is 0 Å². The Morgan fingerprint density at radius 2 is 1.59 bits per heavy atom. The van der Waals surface area contributed by atoms with E-state index in [2.05, 4.69) is 37.4 Å². The molecule has 0 unspecified atom stereocenters. The van der Waals surface area contributed by atoms with Crippen LogP contribution in [0.2, 0.25) is 5.02 Å². The average Bonchev–Trinajstić information content (AvgIpc) is 2.82. The number of sulfonamides is 1. The van der Waals surface area contributed by atoms with Crippen LogP contribution in [0.15, 0.2) is 77.7 Å². The van der Waals surface area contributed by atoms with Crippen molar-refractivity contribution >= 4 is 33.2 Å². The van der Waals surface area contributed by atoms with Gasteiger partial charge in [-0.1, -0.05) is 61.8 Å². The fourth-order valence-electron chi connectivity index (χ4n) is 3.43. The first-order chi connectivity index (χ1) is 15.3. The van der Waals surface area contributed by atoms with Gasteiger partial charge in [0.05, 0.1) is 10.6 Å². The molecule has 0 fully saturated rings. The molecular formula is C25H27ClN2O3S. The molecule has 0 spiro atoms. The lowest BCUT2D eigenvalue weighted by atomic mass is 10.0. The van der Waals surface area contributed by atoms with Crippen molar-refractivity contribution in [3.8, 4) is 0 Å². The van der Waals surface area contributed by atoms with Crippen molar-refractivity contribution in [2.45, 2.75) is 38.1 Å². The van der Waals surface area contributed by atoms with Crippen LogP contribution in [0.1, 0.15) is 30.5 Å². The zero-order valence-corrected chi connectivity index (χ0v) is 19.8. The van der Waals surface area contributed by atoms with Gasteiger partial charge in [0.15, 0.2) is 0 Å². The number of rotatable bonds is 9. The number of nitrogens with one attached hydrogen (secondary N) is 1. The van der Waals surface area contributed by atoms with Crippen molar-refractivity contribution in [1.82, 2.24) is 5.32 Å². The monoisotopic (exact) mass is 470 g/mol. The molecular weight excluding hydrogens is 444 g/mol. The Balaban J connectivity index is 1.84. The Kier molecular flexibility index (Phi) is 7.94. The molecule has 1 N–H and O–H groups in total. The standard InChI is InChI=1S/C25H27ClN2O3S/c1-3-19-10-11-20(4-2)21(16-19)17-27-25(29)18-28(23-14-12-22(26)13-15-23)32(30,31)24-8-6-5-7-9-24/h5-16H,3-4,17-18H2,1-2H3,(H,27,29). The molecule has 0 saturated heterocycles. The molecule has 3 aromatic rings. The second-order valence-electron chi connectivity index (χ2n) is 7.39. The number of hydrogen-bond acceptors (Lipinski definition) is 3. The zero-order chi connectivity index (χ0) is 23.1. The number of carbonyl (C=O) groups excluding carboxylic acids is 1. The SMILES string of the molecule is CCc1ccc(CC)c(CNC(=O)CN(c2ccc(Cl)cc2)S(=O)(=O)c2ccccc2)c1. The first-order valence-electron chi connectivity index (χ1n) is 10.6. The fourth-order valence-corrected chi connectivity index (χ4v) is 5.00. The molecule has 0 saturated carbocycles. The lowest BCUT2D eigenvalue weighted by Gasteiger charge is -2.24. The van der Waals surface area contributed by atoms with Crippen LogP contribution in [0.4, 0.5) is 5.69 Å². The molecule has 3 aromatic carbocycles. The van der Waals surface area contributed by atoms with Crippen LogP contribution >= 0.6 is 11.6 Å². The summed E-state index contributed by atoms with van der Waals surface area (Å²) in [5.41, 5.74) is 3.77. The molecule has 7 heteroatoms. The Labute approximate surface area is 195 Å². The molecule has 0 heterocycles. The third-order valence-corrected chi connectivity index (χ3v) is 7.31. The second-order valence-corrected chi connectivity index (χ2v) is 9.69. The summed E-state index contributed by atoms with van der Waals surface area (Å²) in [7, 11) is -3.94. The Morgan fingerprint density at radius 1 is 0.906 bits per heavy atom. The van der Waals surface area contributed by atoms with E-state index in [9.17, 15) is 13.2 Å². The van der Waals surface area contributed by atoms with E-state index in [1.165, 1.54) is 17.7 Å². The lowest BCUT2D eigenvalue weighted by Crippen LogP contribution is -2.40. The van der Waals surface area contributed by atoms with Crippen molar-refractivity contribution in [1.29, 1.82) is 0 Å². The van der Waals surface area contributed by atoms with Gasteiger partial charge in [-0.05, 0) is 65.9 Å². The van der Waals surface area contributed by atoms with E-state index in [4.69, 9.17) is 11.6 Å². The minimum atomic E-state index is -3.94. The van der Waals surface area contributed by atoms with Crippen molar-refractivity contribution in [3.05, 3.63) is 94.5 Å². The van der Waals surface area contributed by atoms with Crippen LogP contribution in [0, 0.1) is 0 Å². The van der Waals surface area contributed by atoms with Gasteiger partial charge in [0, 0.05) is 11.6 Å². The van der Waals surface area contributed by atoms with E-state index >= 15 is 0 Å². The maximum atomic E-state index is 13.3. The Hall–Kier alpha value is -2.83. The summed E-state index contributed by atoms with van der Waals surface area (Å²) in [4.78, 5) is 13.0. The smallest absolute Gasteiger partial charge is 0.264 e. The first kappa shape index (κ1) is 23.8. The highest BCUT2D eigenvalue weighted by Crippen LogP contribution is 2.25. The summed E-state index contributed by atoms with van der Waals surface area (Å²) >= 11 is 5.98. The highest BCUT2D eigenvalue weighted by molar-refractivity contribution is 7.92. The number of hydrogen-bond donors (Lipinski definition) is 1. The van der Waals surface area contributed by atoms with Crippen molar-refractivity contribution in [2.24, 2.45) is 0 Å². The predicted octanol–water partition coefficient (Wildman–Crippen LogP) is 4.98. The topological polar surface area (TPSA) is 66.5 Å². The number of benzene rings is 3. The summed E-state index contributed by atoms with van der Waals surface area (Å²) < 4.78 is 27.8. The molecule has 0 atom stereocenters. The third kappa shape index (κ3) is 5.69. The van der Waals surface area contributed by atoms with E-state index < -0.39 is 10.0 Å². The van der Waals surface area contributed by atoms with Gasteiger partial charge in [-0.25, -0.2) is 8.42 Å². The van der Waals surface area contributed by atoms with E-state index in [0.717, 1.165) is 28.3 Å². The molecule has 0 aliphatic carbocycles. The van der Waals surface area contributed by atoms with Crippen molar-refractivity contribution < 1.29 is 13.2 Å². The number of aryl methyl sites for hydroxylation is 2. The maximum Gasteiger partial charge on any atom is 0.264 e. The molecule has 1 amide bonds. The molecule has 3 rings (SSSR count). The van der Waals surface area contributed by atoms with Gasteiger partial charge >= 0.3 is 0 Å². The molecule has 0 radical (unpaired) electrons. The Bertz CT molecular complexity index is 1160. The molecule has 168 valence electrons. The minimum Gasteiger partial charge on any atom is -0.350 e. The predicted molar refractivity (Wildman–Crippen MR) is 129 cm³/mol. The highest BCUT2D eigenvalue weighted by Gasteiger charge is 2.27. The van der Waals surface area contributed by atoms with Gasteiger partial charge in [-0.3, -0.25) is 9.10 Å². The molecule has 0 aromatic heterocycles. The lowest BCUT2D eigenvalue weighted by molar-refractivity contribution is -0.119. The van der Waals surface area contributed by atoms with Gasteiger partial charge in [-0.2, -0.15) is 0 Å². The first-order valence-corrected chi connectivity index (χ1v) is 12.4.